The van der Waals surface area contributed by atoms with E-state index in [0.29, 0.717) is 34.3 Å². The van der Waals surface area contributed by atoms with Crippen molar-refractivity contribution in [3.05, 3.63) is 52.5 Å². The zero-order chi connectivity index (χ0) is 21.2. The van der Waals surface area contributed by atoms with Crippen LogP contribution in [0.1, 0.15) is 11.1 Å². The van der Waals surface area contributed by atoms with Crippen LogP contribution in [0.2, 0.25) is 5.02 Å². The molecule has 0 saturated carbocycles. The van der Waals surface area contributed by atoms with E-state index in [2.05, 4.69) is 15.8 Å². The van der Waals surface area contributed by atoms with E-state index >= 15 is 0 Å². The van der Waals surface area contributed by atoms with Crippen LogP contribution in [0.4, 0.5) is 0 Å². The Labute approximate surface area is 173 Å². The van der Waals surface area contributed by atoms with Crippen LogP contribution in [-0.4, -0.2) is 45.9 Å². The molecule has 2 amide bonds. The maximum atomic E-state index is 11.9. The molecule has 0 aliphatic carbocycles. The molecule has 0 aromatic heterocycles. The summed E-state index contributed by atoms with van der Waals surface area (Å²) in [5.74, 6) is 0.1000. The molecule has 0 saturated heterocycles. The van der Waals surface area contributed by atoms with Crippen molar-refractivity contribution in [3.63, 3.8) is 0 Å². The van der Waals surface area contributed by atoms with E-state index < -0.39 is 11.8 Å². The minimum atomic E-state index is -0.867. The monoisotopic (exact) mass is 419 g/mol. The summed E-state index contributed by atoms with van der Waals surface area (Å²) in [6.45, 7) is 0.277. The first-order valence-electron chi connectivity index (χ1n) is 8.64. The lowest BCUT2D eigenvalue weighted by Crippen LogP contribution is -2.38. The Bertz CT molecular complexity index is 902. The number of ether oxygens (including phenoxy) is 3. The maximum Gasteiger partial charge on any atom is 0.329 e. The van der Waals surface area contributed by atoms with Crippen LogP contribution in [0.15, 0.2) is 41.5 Å². The van der Waals surface area contributed by atoms with Crippen LogP contribution in [0.25, 0.3) is 0 Å². The first kappa shape index (κ1) is 22.0. The molecule has 29 heavy (non-hydrogen) atoms. The molecule has 2 aromatic carbocycles. The molecule has 0 spiro atoms. The molecular formula is C20H22ClN3O5. The summed E-state index contributed by atoms with van der Waals surface area (Å²) < 4.78 is 15.5. The van der Waals surface area contributed by atoms with E-state index in [9.17, 15) is 9.59 Å². The molecule has 8 nitrogen and oxygen atoms in total. The summed E-state index contributed by atoms with van der Waals surface area (Å²) in [6.07, 6.45) is 1.90. The lowest BCUT2D eigenvalue weighted by atomic mass is 10.1. The topological polar surface area (TPSA) is 98.2 Å². The number of nitrogens with zero attached hydrogens (tertiary/aromatic N) is 1. The number of rotatable bonds is 8. The molecule has 9 heteroatoms. The van der Waals surface area contributed by atoms with Crippen molar-refractivity contribution in [2.24, 2.45) is 5.10 Å². The second-order valence-corrected chi connectivity index (χ2v) is 6.20. The average Bonchev–Trinajstić information content (AvgIpc) is 2.73. The molecule has 0 radical (unpaired) electrons. The smallest absolute Gasteiger partial charge is 0.329 e. The molecule has 2 N–H and O–H groups in total. The van der Waals surface area contributed by atoms with Gasteiger partial charge in [-0.25, -0.2) is 5.43 Å². The Hall–Kier alpha value is -3.26. The van der Waals surface area contributed by atoms with E-state index in [1.807, 2.05) is 12.1 Å². The van der Waals surface area contributed by atoms with Crippen molar-refractivity contribution in [1.82, 2.24) is 10.7 Å². The van der Waals surface area contributed by atoms with Gasteiger partial charge in [-0.2, -0.15) is 5.10 Å². The normalized spacial score (nSPS) is 10.5. The summed E-state index contributed by atoms with van der Waals surface area (Å²) >= 11 is 6.01. The molecule has 0 unspecified atom stereocenters. The summed E-state index contributed by atoms with van der Waals surface area (Å²) in [7, 11) is 4.62. The first-order chi connectivity index (χ1) is 14.0. The third kappa shape index (κ3) is 6.39. The first-order valence-corrected chi connectivity index (χ1v) is 9.02. The quantitative estimate of drug-likeness (QED) is 0.388. The largest absolute Gasteiger partial charge is 0.495 e. The van der Waals surface area contributed by atoms with Gasteiger partial charge in [0.1, 0.15) is 5.75 Å². The number of carbonyl (C=O) groups excluding carboxylic acids is 2. The SMILES string of the molecule is COc1ccc(/C=N\NC(=O)C(=O)NCCc2ccc(OC)c(OC)c2)cc1Cl. The molecule has 0 aliphatic heterocycles. The van der Waals surface area contributed by atoms with E-state index in [4.69, 9.17) is 25.8 Å². The molecule has 2 rings (SSSR count). The number of benzene rings is 2. The second-order valence-electron chi connectivity index (χ2n) is 5.79. The lowest BCUT2D eigenvalue weighted by molar-refractivity contribution is -0.139. The van der Waals surface area contributed by atoms with Gasteiger partial charge in [-0.05, 0) is 47.9 Å². The van der Waals surface area contributed by atoms with Gasteiger partial charge in [0, 0.05) is 6.54 Å². The number of methoxy groups -OCH3 is 3. The fourth-order valence-electron chi connectivity index (χ4n) is 2.42. The number of nitrogens with one attached hydrogen (secondary N) is 2. The summed E-state index contributed by atoms with van der Waals surface area (Å²) in [5.41, 5.74) is 3.74. The van der Waals surface area contributed by atoms with Gasteiger partial charge in [-0.3, -0.25) is 9.59 Å². The third-order valence-electron chi connectivity index (χ3n) is 3.91. The lowest BCUT2D eigenvalue weighted by Gasteiger charge is -2.10. The van der Waals surface area contributed by atoms with Crippen LogP contribution in [0.3, 0.4) is 0 Å². The molecule has 0 atom stereocenters. The minimum Gasteiger partial charge on any atom is -0.495 e. The third-order valence-corrected chi connectivity index (χ3v) is 4.20. The van der Waals surface area contributed by atoms with Crippen LogP contribution >= 0.6 is 11.6 Å². The van der Waals surface area contributed by atoms with E-state index in [-0.39, 0.29) is 6.54 Å². The molecule has 0 aliphatic rings. The molecule has 0 fully saturated rings. The van der Waals surface area contributed by atoms with Gasteiger partial charge in [-0.1, -0.05) is 17.7 Å². The van der Waals surface area contributed by atoms with E-state index in [1.54, 1.807) is 38.5 Å². The highest BCUT2D eigenvalue weighted by molar-refractivity contribution is 6.35. The summed E-state index contributed by atoms with van der Waals surface area (Å²) in [6, 6.07) is 10.5. The number of halogens is 1. The second kappa shape index (κ2) is 10.9. The van der Waals surface area contributed by atoms with Gasteiger partial charge in [0.15, 0.2) is 11.5 Å². The Balaban J connectivity index is 1.80. The molecule has 0 heterocycles. The molecule has 0 bridgehead atoms. The number of hydrogen-bond acceptors (Lipinski definition) is 6. The fraction of sp³-hybridized carbons (Fsp3) is 0.250. The van der Waals surface area contributed by atoms with Gasteiger partial charge in [-0.15, -0.1) is 0 Å². The molecule has 2 aromatic rings. The zero-order valence-corrected chi connectivity index (χ0v) is 17.1. The number of hydrazone groups is 1. The van der Waals surface area contributed by atoms with E-state index in [1.165, 1.54) is 13.3 Å². The number of carbonyl (C=O) groups is 2. The zero-order valence-electron chi connectivity index (χ0n) is 16.3. The van der Waals surface area contributed by atoms with Crippen molar-refractivity contribution in [2.75, 3.05) is 27.9 Å². The van der Waals surface area contributed by atoms with Gasteiger partial charge < -0.3 is 19.5 Å². The molecule has 154 valence electrons. The maximum absolute atomic E-state index is 11.9. The van der Waals surface area contributed by atoms with Crippen molar-refractivity contribution in [2.45, 2.75) is 6.42 Å². The standard InChI is InChI=1S/C20H22ClN3O5/c1-27-16-6-5-14(10-15(16)21)12-23-24-20(26)19(25)22-9-8-13-4-7-17(28-2)18(11-13)29-3/h4-7,10-12H,8-9H2,1-3H3,(H,22,25)(H,24,26)/b23-12-. The van der Waals surface area contributed by atoms with Crippen LogP contribution in [0, 0.1) is 0 Å². The van der Waals surface area contributed by atoms with Crippen molar-refractivity contribution < 1.29 is 23.8 Å². The summed E-state index contributed by atoms with van der Waals surface area (Å²) in [5, 5.41) is 6.70. The highest BCUT2D eigenvalue weighted by Gasteiger charge is 2.12. The Kier molecular flexibility index (Phi) is 8.29. The Morgan fingerprint density at radius 1 is 0.966 bits per heavy atom. The van der Waals surface area contributed by atoms with Gasteiger partial charge >= 0.3 is 11.8 Å². The predicted molar refractivity (Wildman–Crippen MR) is 110 cm³/mol. The number of hydrogen-bond donors (Lipinski definition) is 2. The predicted octanol–water partition coefficient (Wildman–Crippen LogP) is 2.17. The van der Waals surface area contributed by atoms with Crippen LogP contribution in [0.5, 0.6) is 17.2 Å². The van der Waals surface area contributed by atoms with Crippen molar-refractivity contribution in [3.8, 4) is 17.2 Å². The highest BCUT2D eigenvalue weighted by Crippen LogP contribution is 2.27. The van der Waals surface area contributed by atoms with Gasteiger partial charge in [0.05, 0.1) is 32.6 Å². The van der Waals surface area contributed by atoms with Crippen LogP contribution < -0.4 is 25.0 Å². The summed E-state index contributed by atoms with van der Waals surface area (Å²) in [4.78, 5) is 23.7. The Morgan fingerprint density at radius 2 is 1.66 bits per heavy atom. The highest BCUT2D eigenvalue weighted by atomic mass is 35.5. The molecular weight excluding hydrogens is 398 g/mol. The van der Waals surface area contributed by atoms with Gasteiger partial charge in [0.25, 0.3) is 0 Å². The van der Waals surface area contributed by atoms with Crippen molar-refractivity contribution >= 4 is 29.6 Å². The minimum absolute atomic E-state index is 0.277. The fourth-order valence-corrected chi connectivity index (χ4v) is 2.68. The van der Waals surface area contributed by atoms with Crippen LogP contribution in [-0.2, 0) is 16.0 Å². The Morgan fingerprint density at radius 3 is 2.31 bits per heavy atom. The average molecular weight is 420 g/mol. The number of amides is 2. The van der Waals surface area contributed by atoms with Crippen molar-refractivity contribution in [1.29, 1.82) is 0 Å². The van der Waals surface area contributed by atoms with E-state index in [0.717, 1.165) is 5.56 Å². The van der Waals surface area contributed by atoms with Gasteiger partial charge in [0.2, 0.25) is 0 Å².